The SMILES string of the molecule is CC(CN)C(C)NS(=O)(=O)c1cn(C)cn1. The van der Waals surface area contributed by atoms with Gasteiger partial charge in [-0.05, 0) is 19.4 Å². The number of aryl methyl sites for hydroxylation is 1. The van der Waals surface area contributed by atoms with E-state index in [1.54, 1.807) is 18.5 Å². The largest absolute Gasteiger partial charge is 0.339 e. The van der Waals surface area contributed by atoms with Crippen molar-refractivity contribution in [2.45, 2.75) is 24.9 Å². The summed E-state index contributed by atoms with van der Waals surface area (Å²) < 4.78 is 27.8. The highest BCUT2D eigenvalue weighted by Crippen LogP contribution is 2.08. The standard InChI is InChI=1S/C9H18N4O2S/c1-7(4-10)8(2)12-16(14,15)9-5-13(3)6-11-9/h5-8,12H,4,10H2,1-3H3. The molecule has 3 N–H and O–H groups in total. The van der Waals surface area contributed by atoms with Crippen molar-refractivity contribution in [3.63, 3.8) is 0 Å². The van der Waals surface area contributed by atoms with Gasteiger partial charge in [-0.3, -0.25) is 0 Å². The molecule has 0 bridgehead atoms. The molecule has 1 heterocycles. The second-order valence-electron chi connectivity index (χ2n) is 4.00. The lowest BCUT2D eigenvalue weighted by Gasteiger charge is -2.18. The predicted octanol–water partition coefficient (Wildman–Crippen LogP) is -0.318. The summed E-state index contributed by atoms with van der Waals surface area (Å²) in [5.74, 6) is 0.0819. The maximum Gasteiger partial charge on any atom is 0.259 e. The normalized spacial score (nSPS) is 16.0. The Morgan fingerprint density at radius 2 is 2.19 bits per heavy atom. The van der Waals surface area contributed by atoms with E-state index in [4.69, 9.17) is 5.73 Å². The quantitative estimate of drug-likeness (QED) is 0.745. The summed E-state index contributed by atoms with van der Waals surface area (Å²) in [5.41, 5.74) is 5.48. The molecule has 16 heavy (non-hydrogen) atoms. The van der Waals surface area contributed by atoms with Gasteiger partial charge >= 0.3 is 0 Å². The van der Waals surface area contributed by atoms with E-state index in [0.29, 0.717) is 6.54 Å². The van der Waals surface area contributed by atoms with Crippen LogP contribution < -0.4 is 10.5 Å². The first-order chi connectivity index (χ1) is 7.36. The molecule has 7 heteroatoms. The van der Waals surface area contributed by atoms with Crippen molar-refractivity contribution in [2.75, 3.05) is 6.54 Å². The molecule has 1 rings (SSSR count). The smallest absolute Gasteiger partial charge is 0.259 e. The fourth-order valence-corrected chi connectivity index (χ4v) is 2.49. The lowest BCUT2D eigenvalue weighted by Crippen LogP contribution is -2.39. The van der Waals surface area contributed by atoms with E-state index in [2.05, 4.69) is 9.71 Å². The van der Waals surface area contributed by atoms with Gasteiger partial charge in [0, 0.05) is 19.3 Å². The van der Waals surface area contributed by atoms with Crippen molar-refractivity contribution < 1.29 is 8.42 Å². The van der Waals surface area contributed by atoms with Crippen LogP contribution in [0, 0.1) is 5.92 Å². The third-order valence-electron chi connectivity index (χ3n) is 2.52. The minimum absolute atomic E-state index is 0.0334. The van der Waals surface area contributed by atoms with E-state index in [1.807, 2.05) is 6.92 Å². The number of imidazole rings is 1. The van der Waals surface area contributed by atoms with Crippen LogP contribution in [0.3, 0.4) is 0 Å². The van der Waals surface area contributed by atoms with Crippen molar-refractivity contribution >= 4 is 10.0 Å². The molecule has 0 aliphatic rings. The van der Waals surface area contributed by atoms with Crippen molar-refractivity contribution in [2.24, 2.45) is 18.7 Å². The summed E-state index contributed by atoms with van der Waals surface area (Å²) in [6.07, 6.45) is 2.91. The van der Waals surface area contributed by atoms with Crippen molar-refractivity contribution in [1.82, 2.24) is 14.3 Å². The minimum atomic E-state index is -3.53. The third kappa shape index (κ3) is 3.03. The molecule has 2 atom stereocenters. The monoisotopic (exact) mass is 246 g/mol. The lowest BCUT2D eigenvalue weighted by atomic mass is 10.1. The van der Waals surface area contributed by atoms with Crippen LogP contribution >= 0.6 is 0 Å². The van der Waals surface area contributed by atoms with Crippen LogP contribution in [0.25, 0.3) is 0 Å². The number of hydrogen-bond acceptors (Lipinski definition) is 4. The zero-order valence-corrected chi connectivity index (χ0v) is 10.5. The van der Waals surface area contributed by atoms with Gasteiger partial charge in [0.25, 0.3) is 10.0 Å². The van der Waals surface area contributed by atoms with Crippen LogP contribution in [0.4, 0.5) is 0 Å². The number of sulfonamides is 1. The van der Waals surface area contributed by atoms with Gasteiger partial charge in [-0.15, -0.1) is 0 Å². The van der Waals surface area contributed by atoms with Gasteiger partial charge < -0.3 is 10.3 Å². The first-order valence-electron chi connectivity index (χ1n) is 5.07. The zero-order valence-electron chi connectivity index (χ0n) is 9.71. The molecule has 0 radical (unpaired) electrons. The predicted molar refractivity (Wildman–Crippen MR) is 61.2 cm³/mol. The van der Waals surface area contributed by atoms with Crippen molar-refractivity contribution in [3.05, 3.63) is 12.5 Å². The Morgan fingerprint density at radius 3 is 2.62 bits per heavy atom. The fourth-order valence-electron chi connectivity index (χ4n) is 1.15. The zero-order chi connectivity index (χ0) is 12.3. The van der Waals surface area contributed by atoms with Gasteiger partial charge in [-0.25, -0.2) is 18.1 Å². The fraction of sp³-hybridized carbons (Fsp3) is 0.667. The van der Waals surface area contributed by atoms with Crippen LogP contribution in [0.2, 0.25) is 0 Å². The molecule has 1 aromatic heterocycles. The molecule has 1 aromatic rings. The summed E-state index contributed by atoms with van der Waals surface area (Å²) in [5, 5.41) is 0.0334. The van der Waals surface area contributed by atoms with Crippen LogP contribution in [0.15, 0.2) is 17.6 Å². The number of nitrogens with one attached hydrogen (secondary N) is 1. The molecule has 6 nitrogen and oxygen atoms in total. The number of aromatic nitrogens is 2. The molecule has 0 saturated heterocycles. The maximum atomic E-state index is 11.8. The Morgan fingerprint density at radius 1 is 1.56 bits per heavy atom. The van der Waals surface area contributed by atoms with E-state index in [-0.39, 0.29) is 17.0 Å². The first-order valence-corrected chi connectivity index (χ1v) is 6.55. The molecule has 0 saturated carbocycles. The van der Waals surface area contributed by atoms with E-state index in [0.717, 1.165) is 0 Å². The molecule has 0 fully saturated rings. The lowest BCUT2D eigenvalue weighted by molar-refractivity contribution is 0.452. The first kappa shape index (κ1) is 13.1. The molecular formula is C9H18N4O2S. The molecule has 92 valence electrons. The van der Waals surface area contributed by atoms with Gasteiger partial charge in [-0.1, -0.05) is 6.92 Å². The van der Waals surface area contributed by atoms with Gasteiger partial charge in [-0.2, -0.15) is 0 Å². The highest BCUT2D eigenvalue weighted by molar-refractivity contribution is 7.89. The van der Waals surface area contributed by atoms with Gasteiger partial charge in [0.15, 0.2) is 5.03 Å². The Kier molecular flexibility index (Phi) is 4.06. The molecule has 0 aromatic carbocycles. The maximum absolute atomic E-state index is 11.8. The van der Waals surface area contributed by atoms with E-state index in [9.17, 15) is 8.42 Å². The Labute approximate surface area is 95.9 Å². The van der Waals surface area contributed by atoms with E-state index < -0.39 is 10.0 Å². The Hall–Kier alpha value is -0.920. The molecule has 0 aliphatic heterocycles. The summed E-state index contributed by atoms with van der Waals surface area (Å²) in [4.78, 5) is 3.81. The van der Waals surface area contributed by atoms with Gasteiger partial charge in [0.2, 0.25) is 0 Å². The average Bonchev–Trinajstić information content (AvgIpc) is 2.63. The molecule has 0 aliphatic carbocycles. The highest BCUT2D eigenvalue weighted by Gasteiger charge is 2.22. The average molecular weight is 246 g/mol. The van der Waals surface area contributed by atoms with Crippen LogP contribution in [-0.2, 0) is 17.1 Å². The molecular weight excluding hydrogens is 228 g/mol. The van der Waals surface area contributed by atoms with Gasteiger partial charge in [0.05, 0.1) is 6.33 Å². The van der Waals surface area contributed by atoms with Crippen molar-refractivity contribution in [1.29, 1.82) is 0 Å². The summed E-state index contributed by atoms with van der Waals surface area (Å²) >= 11 is 0. The number of nitrogens with two attached hydrogens (primary N) is 1. The minimum Gasteiger partial charge on any atom is -0.339 e. The molecule has 0 amide bonds. The molecule has 0 spiro atoms. The van der Waals surface area contributed by atoms with E-state index >= 15 is 0 Å². The second-order valence-corrected chi connectivity index (χ2v) is 5.66. The second kappa shape index (κ2) is 4.94. The highest BCUT2D eigenvalue weighted by atomic mass is 32.2. The molecule has 2 unspecified atom stereocenters. The Bertz CT molecular complexity index is 440. The van der Waals surface area contributed by atoms with Crippen molar-refractivity contribution in [3.8, 4) is 0 Å². The summed E-state index contributed by atoms with van der Waals surface area (Å²) in [6.45, 7) is 4.12. The van der Waals surface area contributed by atoms with Crippen LogP contribution in [0.1, 0.15) is 13.8 Å². The Balaban J connectivity index is 2.80. The summed E-state index contributed by atoms with van der Waals surface area (Å²) in [6, 6.07) is -0.211. The number of hydrogen-bond donors (Lipinski definition) is 2. The number of nitrogens with zero attached hydrogens (tertiary/aromatic N) is 2. The topological polar surface area (TPSA) is 90.0 Å². The van der Waals surface area contributed by atoms with Crippen LogP contribution in [0.5, 0.6) is 0 Å². The van der Waals surface area contributed by atoms with Gasteiger partial charge in [0.1, 0.15) is 0 Å². The summed E-state index contributed by atoms with van der Waals surface area (Å²) in [7, 11) is -1.81. The van der Waals surface area contributed by atoms with Crippen LogP contribution in [-0.4, -0.2) is 30.6 Å². The number of rotatable bonds is 5. The third-order valence-corrected chi connectivity index (χ3v) is 3.97. The van der Waals surface area contributed by atoms with E-state index in [1.165, 1.54) is 12.5 Å².